The molecule has 3 heterocycles. The smallest absolute Gasteiger partial charge is 0.220 e. The van der Waals surface area contributed by atoms with Gasteiger partial charge in [-0.3, -0.25) is 14.8 Å². The van der Waals surface area contributed by atoms with Crippen LogP contribution in [0.15, 0.2) is 67.1 Å². The van der Waals surface area contributed by atoms with Crippen LogP contribution < -0.4 is 15.9 Å². The second kappa shape index (κ2) is 8.89. The summed E-state index contributed by atoms with van der Waals surface area (Å²) in [6, 6.07) is 15.6. The second-order valence-electron chi connectivity index (χ2n) is 7.64. The van der Waals surface area contributed by atoms with Gasteiger partial charge in [0.05, 0.1) is 28.1 Å². The molecule has 32 heavy (non-hydrogen) atoms. The lowest BCUT2D eigenvalue weighted by atomic mass is 9.90. The number of para-hydroxylation sites is 1. The average Bonchev–Trinajstić information content (AvgIpc) is 3.22. The number of amides is 1. The number of aromatic nitrogens is 3. The van der Waals surface area contributed by atoms with Crippen molar-refractivity contribution in [1.29, 1.82) is 0 Å². The summed E-state index contributed by atoms with van der Waals surface area (Å²) >= 11 is 1.60. The number of hydrogen-bond acceptors (Lipinski definition) is 8. The Morgan fingerprint density at radius 1 is 1.19 bits per heavy atom. The summed E-state index contributed by atoms with van der Waals surface area (Å²) in [5, 5.41) is 6.04. The lowest BCUT2D eigenvalue weighted by Gasteiger charge is -2.36. The highest BCUT2D eigenvalue weighted by molar-refractivity contribution is 7.22. The monoisotopic (exact) mass is 446 g/mol. The number of rotatable bonds is 6. The molecule has 8 nitrogen and oxygen atoms in total. The fraction of sp³-hybridized carbons (Fsp3) is 0.217. The van der Waals surface area contributed by atoms with Gasteiger partial charge in [0.2, 0.25) is 5.91 Å². The third kappa shape index (κ3) is 4.39. The average molecular weight is 447 g/mol. The fourth-order valence-electron chi connectivity index (χ4n) is 3.88. The topological polar surface area (TPSA) is 106 Å². The van der Waals surface area contributed by atoms with Crippen molar-refractivity contribution in [2.24, 2.45) is 11.7 Å². The molecule has 0 saturated carbocycles. The molecule has 2 aromatic heterocycles. The number of fused-ring (bicyclic) bond motifs is 1. The summed E-state index contributed by atoms with van der Waals surface area (Å²) in [6.07, 6.45) is 6.15. The van der Waals surface area contributed by atoms with Crippen LogP contribution in [0.5, 0.6) is 5.75 Å². The van der Waals surface area contributed by atoms with Gasteiger partial charge < -0.3 is 15.9 Å². The lowest BCUT2D eigenvalue weighted by Crippen LogP contribution is -2.42. The first-order valence-electron chi connectivity index (χ1n) is 10.4. The van der Waals surface area contributed by atoms with E-state index in [1.807, 2.05) is 47.5 Å². The fourth-order valence-corrected chi connectivity index (χ4v) is 4.76. The van der Waals surface area contributed by atoms with Crippen molar-refractivity contribution in [3.8, 4) is 5.75 Å². The number of piperidine rings is 1. The Morgan fingerprint density at radius 2 is 2.09 bits per heavy atom. The Hall–Kier alpha value is -3.56. The SMILES string of the molecule is NC(=O)C1CCN(Oc2cccc(Nc3nc4ccccc4s3)c2)C(c2cnccn2)C1. The van der Waals surface area contributed by atoms with E-state index in [0.29, 0.717) is 25.1 Å². The maximum Gasteiger partial charge on any atom is 0.220 e. The Morgan fingerprint density at radius 3 is 2.91 bits per heavy atom. The number of carbonyl (C=O) groups is 1. The minimum atomic E-state index is -0.291. The van der Waals surface area contributed by atoms with E-state index in [9.17, 15) is 4.79 Å². The van der Waals surface area contributed by atoms with E-state index in [-0.39, 0.29) is 17.9 Å². The summed E-state index contributed by atoms with van der Waals surface area (Å²) in [5.74, 6) is 0.178. The van der Waals surface area contributed by atoms with E-state index in [1.54, 1.807) is 29.9 Å². The number of nitrogens with zero attached hydrogens (tertiary/aromatic N) is 4. The zero-order valence-corrected chi connectivity index (χ0v) is 18.0. The zero-order chi connectivity index (χ0) is 21.9. The number of primary amides is 1. The first kappa shape index (κ1) is 20.3. The summed E-state index contributed by atoms with van der Waals surface area (Å²) in [5.41, 5.74) is 8.18. The normalized spacial score (nSPS) is 19.0. The third-order valence-electron chi connectivity index (χ3n) is 5.48. The molecule has 0 aliphatic carbocycles. The first-order valence-corrected chi connectivity index (χ1v) is 11.2. The quantitative estimate of drug-likeness (QED) is 0.460. The van der Waals surface area contributed by atoms with E-state index in [1.165, 1.54) is 0 Å². The number of thiazole rings is 1. The van der Waals surface area contributed by atoms with Gasteiger partial charge >= 0.3 is 0 Å². The molecule has 1 aliphatic heterocycles. The molecule has 162 valence electrons. The highest BCUT2D eigenvalue weighted by Gasteiger charge is 2.34. The number of carbonyl (C=O) groups excluding carboxylic acids is 1. The van der Waals surface area contributed by atoms with Crippen LogP contribution in [0.3, 0.4) is 0 Å². The van der Waals surface area contributed by atoms with Crippen LogP contribution in [0.1, 0.15) is 24.6 Å². The molecule has 3 N–H and O–H groups in total. The van der Waals surface area contributed by atoms with Gasteiger partial charge in [-0.05, 0) is 37.1 Å². The molecule has 5 rings (SSSR count). The standard InChI is InChI=1S/C23H22N6O2S/c24-22(30)15-8-11-29(20(12-15)19-14-25-9-10-26-19)31-17-5-3-4-16(13-17)27-23-28-18-6-1-2-7-21(18)32-23/h1-7,9-10,13-15,20H,8,11-12H2,(H2,24,30)(H,27,28). The van der Waals surface area contributed by atoms with Gasteiger partial charge in [0.15, 0.2) is 5.13 Å². The van der Waals surface area contributed by atoms with Gasteiger partial charge in [0, 0.05) is 36.6 Å². The molecule has 0 spiro atoms. The van der Waals surface area contributed by atoms with Crippen LogP contribution in [0.2, 0.25) is 0 Å². The van der Waals surface area contributed by atoms with Gasteiger partial charge in [-0.1, -0.05) is 29.5 Å². The van der Waals surface area contributed by atoms with Crippen molar-refractivity contribution < 1.29 is 9.63 Å². The summed E-state index contributed by atoms with van der Waals surface area (Å²) < 4.78 is 1.13. The molecule has 0 bridgehead atoms. The van der Waals surface area contributed by atoms with Crippen LogP contribution in [-0.2, 0) is 4.79 Å². The molecule has 1 saturated heterocycles. The van der Waals surface area contributed by atoms with E-state index >= 15 is 0 Å². The summed E-state index contributed by atoms with van der Waals surface area (Å²) in [7, 11) is 0. The molecule has 0 radical (unpaired) electrons. The van der Waals surface area contributed by atoms with Crippen molar-refractivity contribution in [2.45, 2.75) is 18.9 Å². The molecule has 2 unspecified atom stereocenters. The second-order valence-corrected chi connectivity index (χ2v) is 8.67. The minimum absolute atomic E-state index is 0.212. The number of anilines is 2. The van der Waals surface area contributed by atoms with Gasteiger partial charge in [-0.25, -0.2) is 4.98 Å². The van der Waals surface area contributed by atoms with Crippen molar-refractivity contribution in [2.75, 3.05) is 11.9 Å². The lowest BCUT2D eigenvalue weighted by molar-refractivity contribution is -0.141. The largest absolute Gasteiger partial charge is 0.405 e. The van der Waals surface area contributed by atoms with Crippen molar-refractivity contribution in [3.63, 3.8) is 0 Å². The Labute approximate surface area is 189 Å². The van der Waals surface area contributed by atoms with E-state index in [2.05, 4.69) is 26.3 Å². The Bertz CT molecular complexity index is 1200. The summed E-state index contributed by atoms with van der Waals surface area (Å²) in [6.45, 7) is 0.560. The first-order chi connectivity index (χ1) is 15.7. The Balaban J connectivity index is 1.35. The Kier molecular flexibility index (Phi) is 5.66. The van der Waals surface area contributed by atoms with Crippen LogP contribution >= 0.6 is 11.3 Å². The van der Waals surface area contributed by atoms with Crippen molar-refractivity contribution >= 4 is 38.3 Å². The number of benzene rings is 2. The molecular weight excluding hydrogens is 424 g/mol. The van der Waals surface area contributed by atoms with Crippen molar-refractivity contribution in [3.05, 3.63) is 72.8 Å². The van der Waals surface area contributed by atoms with Crippen LogP contribution in [0.4, 0.5) is 10.8 Å². The van der Waals surface area contributed by atoms with Gasteiger partial charge in [0.1, 0.15) is 5.75 Å². The number of nitrogens with one attached hydrogen (secondary N) is 1. The van der Waals surface area contributed by atoms with Crippen molar-refractivity contribution in [1.82, 2.24) is 20.0 Å². The van der Waals surface area contributed by atoms with Crippen LogP contribution in [-0.4, -0.2) is 32.5 Å². The zero-order valence-electron chi connectivity index (χ0n) is 17.2. The van der Waals surface area contributed by atoms with Gasteiger partial charge in [-0.2, -0.15) is 0 Å². The molecule has 2 aromatic carbocycles. The predicted molar refractivity (Wildman–Crippen MR) is 123 cm³/mol. The molecule has 4 aromatic rings. The number of nitrogens with two attached hydrogens (primary N) is 1. The highest BCUT2D eigenvalue weighted by Crippen LogP contribution is 2.35. The maximum absolute atomic E-state index is 11.8. The molecule has 1 amide bonds. The van der Waals surface area contributed by atoms with E-state index < -0.39 is 0 Å². The predicted octanol–water partition coefficient (Wildman–Crippen LogP) is 4.06. The molecule has 1 fully saturated rings. The molecule has 2 atom stereocenters. The van der Waals surface area contributed by atoms with E-state index in [4.69, 9.17) is 10.6 Å². The summed E-state index contributed by atoms with van der Waals surface area (Å²) in [4.78, 5) is 31.3. The molecule has 1 aliphatic rings. The minimum Gasteiger partial charge on any atom is -0.405 e. The molecular formula is C23H22N6O2S. The van der Waals surface area contributed by atoms with E-state index in [0.717, 1.165) is 26.7 Å². The number of hydrogen-bond donors (Lipinski definition) is 2. The maximum atomic E-state index is 11.8. The van der Waals surface area contributed by atoms with Crippen LogP contribution in [0.25, 0.3) is 10.2 Å². The molecule has 9 heteroatoms. The van der Waals surface area contributed by atoms with Gasteiger partial charge in [-0.15, -0.1) is 5.06 Å². The highest BCUT2D eigenvalue weighted by atomic mass is 32.1. The third-order valence-corrected chi connectivity index (χ3v) is 6.43. The number of hydroxylamine groups is 2. The van der Waals surface area contributed by atoms with Gasteiger partial charge in [0.25, 0.3) is 0 Å². The van der Waals surface area contributed by atoms with Crippen LogP contribution in [0, 0.1) is 5.92 Å².